The smallest absolute Gasteiger partial charge is 0.302 e. The van der Waals surface area contributed by atoms with E-state index in [1.165, 1.54) is 0 Å². The van der Waals surface area contributed by atoms with Crippen molar-refractivity contribution in [3.8, 4) is 23.1 Å². The lowest BCUT2D eigenvalue weighted by Crippen LogP contribution is -2.08. The predicted octanol–water partition coefficient (Wildman–Crippen LogP) is 5.12. The zero-order chi connectivity index (χ0) is 23.0. The first-order chi connectivity index (χ1) is 16.2. The Labute approximate surface area is 190 Å². The molecular formula is C25H23N3O5. The van der Waals surface area contributed by atoms with Crippen LogP contribution in [0.4, 0.5) is 5.69 Å². The van der Waals surface area contributed by atoms with Crippen LogP contribution in [0.25, 0.3) is 10.9 Å². The van der Waals surface area contributed by atoms with E-state index in [-0.39, 0.29) is 24.8 Å². The van der Waals surface area contributed by atoms with E-state index in [0.29, 0.717) is 29.2 Å². The Kier molecular flexibility index (Phi) is 6.84. The predicted molar refractivity (Wildman–Crippen MR) is 124 cm³/mol. The first-order valence-electron chi connectivity index (χ1n) is 10.4. The van der Waals surface area contributed by atoms with Gasteiger partial charge in [0.25, 0.3) is 0 Å². The maximum absolute atomic E-state index is 12.1. The summed E-state index contributed by atoms with van der Waals surface area (Å²) in [6.07, 6.45) is 0. The average molecular weight is 445 g/mol. The zero-order valence-electron chi connectivity index (χ0n) is 18.0. The molecule has 4 aromatic rings. The van der Waals surface area contributed by atoms with Gasteiger partial charge in [0.1, 0.15) is 12.4 Å². The minimum atomic E-state index is -0.561. The number of aromatic nitrogens is 1. The van der Waals surface area contributed by atoms with Crippen molar-refractivity contribution in [1.29, 1.82) is 0 Å². The normalized spacial score (nSPS) is 11.1. The lowest BCUT2D eigenvalue weighted by atomic mass is 10.2. The van der Waals surface area contributed by atoms with Crippen molar-refractivity contribution in [3.63, 3.8) is 0 Å². The number of carbonyl (C=O) groups excluding carboxylic acids is 1. The Hall–Kier alpha value is -4.33. The monoisotopic (exact) mass is 445 g/mol. The summed E-state index contributed by atoms with van der Waals surface area (Å²) < 4.78 is 18.2. The Balaban J connectivity index is 1.48. The van der Waals surface area contributed by atoms with E-state index in [9.17, 15) is 9.90 Å². The largest absolute Gasteiger partial charge is 0.493 e. The molecule has 8 nitrogen and oxygen atoms in total. The molecule has 3 aromatic carbocycles. The van der Waals surface area contributed by atoms with Gasteiger partial charge in [0, 0.05) is 5.39 Å². The number of ether oxygens (including phenoxy) is 3. The van der Waals surface area contributed by atoms with Crippen LogP contribution < -0.4 is 14.2 Å². The van der Waals surface area contributed by atoms with Crippen molar-refractivity contribution in [1.82, 2.24) is 4.57 Å². The van der Waals surface area contributed by atoms with Crippen LogP contribution in [0.2, 0.25) is 0 Å². The molecule has 0 saturated heterocycles. The van der Waals surface area contributed by atoms with Crippen LogP contribution in [0.3, 0.4) is 0 Å². The highest BCUT2D eigenvalue weighted by Crippen LogP contribution is 2.38. The van der Waals surface area contributed by atoms with Crippen molar-refractivity contribution < 1.29 is 24.1 Å². The minimum absolute atomic E-state index is 0.0969. The first-order valence-corrected chi connectivity index (χ1v) is 10.4. The third kappa shape index (κ3) is 5.12. The second-order valence-corrected chi connectivity index (χ2v) is 7.04. The fourth-order valence-corrected chi connectivity index (χ4v) is 3.38. The Bertz CT molecular complexity index is 1270. The summed E-state index contributed by atoms with van der Waals surface area (Å²) in [6, 6.07) is 23.7. The van der Waals surface area contributed by atoms with Crippen LogP contribution in [0.15, 0.2) is 89.1 Å². The molecule has 168 valence electrons. The molecule has 0 aliphatic carbocycles. The maximum atomic E-state index is 12.1. The number of hydrogen-bond acceptors (Lipinski definition) is 6. The number of methoxy groups -OCH3 is 1. The second-order valence-electron chi connectivity index (χ2n) is 7.04. The Morgan fingerprint density at radius 3 is 2.39 bits per heavy atom. The lowest BCUT2D eigenvalue weighted by molar-refractivity contribution is -0.120. The highest BCUT2D eigenvalue weighted by molar-refractivity contribution is 5.95. The van der Waals surface area contributed by atoms with E-state index in [0.717, 1.165) is 5.52 Å². The van der Waals surface area contributed by atoms with Crippen LogP contribution in [0.1, 0.15) is 0 Å². The molecule has 0 spiro atoms. The standard InChI is InChI=1S/C25H23N3O5/c1-31-21-13-7-8-14-22(21)32-16-15-28-20-12-6-5-11-19(20)24(25(28)30)27-26-23(29)17-33-18-9-3-2-4-10-18/h2-14,30H,15-17H2,1H3. The number of aromatic hydroxyl groups is 1. The summed E-state index contributed by atoms with van der Waals surface area (Å²) >= 11 is 0. The third-order valence-corrected chi connectivity index (χ3v) is 4.93. The number of para-hydroxylation sites is 4. The van der Waals surface area contributed by atoms with E-state index in [1.807, 2.05) is 66.7 Å². The molecule has 0 aliphatic heterocycles. The third-order valence-electron chi connectivity index (χ3n) is 4.93. The van der Waals surface area contributed by atoms with Gasteiger partial charge in [-0.2, -0.15) is 0 Å². The van der Waals surface area contributed by atoms with Crippen LogP contribution in [-0.4, -0.2) is 35.9 Å². The highest BCUT2D eigenvalue weighted by atomic mass is 16.5. The minimum Gasteiger partial charge on any atom is -0.493 e. The fourth-order valence-electron chi connectivity index (χ4n) is 3.38. The molecule has 1 amide bonds. The number of azo groups is 1. The van der Waals surface area contributed by atoms with E-state index >= 15 is 0 Å². The van der Waals surface area contributed by atoms with E-state index in [1.54, 1.807) is 23.8 Å². The summed E-state index contributed by atoms with van der Waals surface area (Å²) in [5.74, 6) is 1.15. The molecule has 0 unspecified atom stereocenters. The van der Waals surface area contributed by atoms with Crippen molar-refractivity contribution in [3.05, 3.63) is 78.9 Å². The molecule has 1 aromatic heterocycles. The molecule has 0 aliphatic rings. The van der Waals surface area contributed by atoms with Crippen molar-refractivity contribution in [2.45, 2.75) is 6.54 Å². The van der Waals surface area contributed by atoms with Gasteiger partial charge in [-0.3, -0.25) is 4.79 Å². The molecule has 0 atom stereocenters. The number of nitrogens with zero attached hydrogens (tertiary/aromatic N) is 3. The molecule has 0 bridgehead atoms. The highest BCUT2D eigenvalue weighted by Gasteiger charge is 2.17. The molecule has 0 radical (unpaired) electrons. The Morgan fingerprint density at radius 2 is 1.61 bits per heavy atom. The van der Waals surface area contributed by atoms with Crippen LogP contribution >= 0.6 is 0 Å². The van der Waals surface area contributed by atoms with Gasteiger partial charge in [-0.1, -0.05) is 48.5 Å². The van der Waals surface area contributed by atoms with Crippen molar-refractivity contribution in [2.24, 2.45) is 10.2 Å². The molecule has 33 heavy (non-hydrogen) atoms. The van der Waals surface area contributed by atoms with Gasteiger partial charge >= 0.3 is 5.91 Å². The average Bonchev–Trinajstić information content (AvgIpc) is 3.13. The van der Waals surface area contributed by atoms with Gasteiger partial charge in [-0.25, -0.2) is 0 Å². The number of carbonyl (C=O) groups is 1. The molecule has 8 heteroatoms. The van der Waals surface area contributed by atoms with Gasteiger partial charge in [0.15, 0.2) is 23.8 Å². The van der Waals surface area contributed by atoms with E-state index in [2.05, 4.69) is 10.2 Å². The van der Waals surface area contributed by atoms with Gasteiger partial charge in [-0.15, -0.1) is 10.2 Å². The fraction of sp³-hybridized carbons (Fsp3) is 0.160. The maximum Gasteiger partial charge on any atom is 0.302 e. The molecule has 1 heterocycles. The van der Waals surface area contributed by atoms with Crippen molar-refractivity contribution >= 4 is 22.5 Å². The molecule has 0 saturated carbocycles. The summed E-state index contributed by atoms with van der Waals surface area (Å²) in [5, 5.41) is 19.2. The number of rotatable bonds is 9. The number of benzene rings is 3. The molecule has 0 fully saturated rings. The quantitative estimate of drug-likeness (QED) is 0.361. The molecular weight excluding hydrogens is 422 g/mol. The van der Waals surface area contributed by atoms with Crippen LogP contribution in [0, 0.1) is 0 Å². The van der Waals surface area contributed by atoms with Gasteiger partial charge < -0.3 is 23.9 Å². The van der Waals surface area contributed by atoms with E-state index < -0.39 is 5.91 Å². The van der Waals surface area contributed by atoms with Crippen molar-refractivity contribution in [2.75, 3.05) is 20.3 Å². The SMILES string of the molecule is COc1ccccc1OCCn1c(O)c(N=NC(=O)COc2ccccc2)c2ccccc21. The summed E-state index contributed by atoms with van der Waals surface area (Å²) in [5.41, 5.74) is 0.969. The number of amides is 1. The summed E-state index contributed by atoms with van der Waals surface area (Å²) in [6.45, 7) is 0.387. The topological polar surface area (TPSA) is 94.6 Å². The zero-order valence-corrected chi connectivity index (χ0v) is 18.0. The molecule has 4 rings (SSSR count). The van der Waals surface area contributed by atoms with Gasteiger partial charge in [-0.05, 0) is 30.3 Å². The molecule has 1 N–H and O–H groups in total. The van der Waals surface area contributed by atoms with Gasteiger partial charge in [0.2, 0.25) is 5.88 Å². The lowest BCUT2D eigenvalue weighted by Gasteiger charge is -2.11. The van der Waals surface area contributed by atoms with E-state index in [4.69, 9.17) is 14.2 Å². The van der Waals surface area contributed by atoms with Gasteiger partial charge in [0.05, 0.1) is 19.2 Å². The Morgan fingerprint density at radius 1 is 0.909 bits per heavy atom. The van der Waals surface area contributed by atoms with Crippen LogP contribution in [-0.2, 0) is 11.3 Å². The number of fused-ring (bicyclic) bond motifs is 1. The second kappa shape index (κ2) is 10.3. The first kappa shape index (κ1) is 21.9. The van der Waals surface area contributed by atoms with Crippen LogP contribution in [0.5, 0.6) is 23.1 Å². The summed E-state index contributed by atoms with van der Waals surface area (Å²) in [7, 11) is 1.58. The summed E-state index contributed by atoms with van der Waals surface area (Å²) in [4.78, 5) is 12.1. The number of hydrogen-bond donors (Lipinski definition) is 1.